The summed E-state index contributed by atoms with van der Waals surface area (Å²) < 4.78 is 33.4. The van der Waals surface area contributed by atoms with Gasteiger partial charge >= 0.3 is 0 Å². The molecule has 5 heterocycles. The smallest absolute Gasteiger partial charge is 0.262 e. The first-order valence-corrected chi connectivity index (χ1v) is 21.9. The maximum absolute atomic E-state index is 14.0. The first-order chi connectivity index (χ1) is 31.0. The molecule has 14 nitrogen and oxygen atoms in total. The van der Waals surface area contributed by atoms with Crippen molar-refractivity contribution in [1.82, 2.24) is 20.4 Å². The molecule has 17 heteroatoms. The molecule has 1 aromatic heterocycles. The van der Waals surface area contributed by atoms with Gasteiger partial charge in [0.1, 0.15) is 23.6 Å². The standard InChI is InChI=1S/C47H45ClF2N8O6/c48-25-42(59)52-33-2-5-35-37(23-33)47(63)58(46(35)62)41-8-3-32(53-45(41)61)20-26-9-13-57(14-10-26)34-4-6-36(40(24-34)51-31-11-15-64-16-12-31)44(60)54-43-38-21-27(1-7-39(38)55-56-43)17-28-18-29(49)22-30(50)19-28/h1-2,4-7,18-24,26,31,41,51H,3,8-17,25H2,(H,52,59)(H,53,61)(H2,54,55,56,60)/b32-20+. The molecule has 0 radical (unpaired) electrons. The lowest BCUT2D eigenvalue weighted by atomic mass is 9.92. The monoisotopic (exact) mass is 890 g/mol. The molecule has 5 aromatic rings. The SMILES string of the molecule is O=C(CCl)Nc1ccc2c(c1)C(=O)N(C1CC/C(=C\C3CCN(c4ccc(C(=O)Nc5n[nH]c6ccc(Cc7cc(F)cc(F)c7)cc56)c(NC5CCOCC5)c4)CC3)NC1=O)C2=O. The zero-order valence-electron chi connectivity index (χ0n) is 34.6. The summed E-state index contributed by atoms with van der Waals surface area (Å²) >= 11 is 5.59. The Morgan fingerprint density at radius 1 is 0.844 bits per heavy atom. The van der Waals surface area contributed by atoms with Crippen LogP contribution in [0, 0.1) is 17.6 Å². The quantitative estimate of drug-likeness (QED) is 0.0682. The van der Waals surface area contributed by atoms with E-state index in [-0.39, 0.29) is 41.3 Å². The number of alkyl halides is 1. The summed E-state index contributed by atoms with van der Waals surface area (Å²) in [5, 5.41) is 20.1. The predicted octanol–water partition coefficient (Wildman–Crippen LogP) is 7.13. The molecule has 0 saturated carbocycles. The van der Waals surface area contributed by atoms with Crippen molar-refractivity contribution < 1.29 is 37.5 Å². The number of carbonyl (C=O) groups excluding carboxylic acids is 5. The van der Waals surface area contributed by atoms with Gasteiger partial charge in [0.25, 0.3) is 17.7 Å². The summed E-state index contributed by atoms with van der Waals surface area (Å²) in [5.74, 6) is -3.37. The van der Waals surface area contributed by atoms with Crippen LogP contribution in [0.15, 0.2) is 84.6 Å². The van der Waals surface area contributed by atoms with E-state index in [0.29, 0.717) is 65.3 Å². The lowest BCUT2D eigenvalue weighted by Gasteiger charge is -2.34. The van der Waals surface area contributed by atoms with Crippen LogP contribution in [0.3, 0.4) is 0 Å². The second-order valence-electron chi connectivity index (χ2n) is 16.6. The van der Waals surface area contributed by atoms with Crippen LogP contribution in [0.4, 0.5) is 31.7 Å². The molecule has 9 rings (SSSR count). The number of H-pyrrole nitrogens is 1. The van der Waals surface area contributed by atoms with Crippen LogP contribution in [-0.2, 0) is 20.7 Å². The molecule has 330 valence electrons. The number of hydrogen-bond acceptors (Lipinski definition) is 9. The average Bonchev–Trinajstić information content (AvgIpc) is 3.79. The van der Waals surface area contributed by atoms with Crippen LogP contribution in [-0.4, -0.2) is 88.9 Å². The fraction of sp³-hybridized carbons (Fsp3) is 0.319. The number of nitrogens with zero attached hydrogens (tertiary/aromatic N) is 3. The average molecular weight is 891 g/mol. The molecule has 0 spiro atoms. The number of fused-ring (bicyclic) bond motifs is 2. The van der Waals surface area contributed by atoms with Crippen molar-refractivity contribution in [3.05, 3.63) is 124 Å². The first-order valence-electron chi connectivity index (χ1n) is 21.4. The number of allylic oxidation sites excluding steroid dienone is 2. The third kappa shape index (κ3) is 9.06. The highest BCUT2D eigenvalue weighted by molar-refractivity contribution is 6.29. The van der Waals surface area contributed by atoms with Crippen molar-refractivity contribution >= 4 is 74.9 Å². The van der Waals surface area contributed by atoms with Crippen LogP contribution in [0.5, 0.6) is 0 Å². The summed E-state index contributed by atoms with van der Waals surface area (Å²) in [7, 11) is 0. The molecule has 64 heavy (non-hydrogen) atoms. The van der Waals surface area contributed by atoms with Gasteiger partial charge in [0.2, 0.25) is 11.8 Å². The molecular formula is C47H45ClF2N8O6. The number of imide groups is 1. The molecule has 5 amide bonds. The number of halogens is 3. The summed E-state index contributed by atoms with van der Waals surface area (Å²) in [6, 6.07) is 18.3. The van der Waals surface area contributed by atoms with Gasteiger partial charge in [-0.3, -0.25) is 34.0 Å². The molecule has 4 aliphatic heterocycles. The van der Waals surface area contributed by atoms with Gasteiger partial charge in [-0.1, -0.05) is 12.1 Å². The van der Waals surface area contributed by atoms with E-state index in [2.05, 4.69) is 42.4 Å². The normalized spacial score (nSPS) is 19.0. The Kier molecular flexibility index (Phi) is 12.1. The van der Waals surface area contributed by atoms with Gasteiger partial charge in [0.15, 0.2) is 5.82 Å². The number of benzene rings is 4. The van der Waals surface area contributed by atoms with E-state index < -0.39 is 41.3 Å². The fourth-order valence-corrected chi connectivity index (χ4v) is 9.09. The second kappa shape index (κ2) is 18.2. The number of carbonyl (C=O) groups is 5. The molecule has 5 N–H and O–H groups in total. The summed E-state index contributed by atoms with van der Waals surface area (Å²) in [6.07, 6.45) is 6.37. The van der Waals surface area contributed by atoms with Crippen molar-refractivity contribution in [2.45, 2.75) is 57.0 Å². The Labute approximate surface area is 371 Å². The van der Waals surface area contributed by atoms with Crippen molar-refractivity contribution in [2.75, 3.05) is 53.0 Å². The third-order valence-electron chi connectivity index (χ3n) is 12.3. The lowest BCUT2D eigenvalue weighted by molar-refractivity contribution is -0.125. The number of amides is 5. The van der Waals surface area contributed by atoms with Crippen molar-refractivity contribution in [1.29, 1.82) is 0 Å². The van der Waals surface area contributed by atoms with Crippen LogP contribution in [0.25, 0.3) is 10.9 Å². The fourth-order valence-electron chi connectivity index (χ4n) is 9.02. The maximum atomic E-state index is 14.0. The summed E-state index contributed by atoms with van der Waals surface area (Å²) in [5.41, 5.74) is 5.49. The van der Waals surface area contributed by atoms with E-state index in [0.717, 1.165) is 66.7 Å². The number of hydrogen-bond donors (Lipinski definition) is 5. The number of aromatic nitrogens is 2. The van der Waals surface area contributed by atoms with Crippen LogP contribution in [0.1, 0.15) is 80.7 Å². The highest BCUT2D eigenvalue weighted by Crippen LogP contribution is 2.34. The van der Waals surface area contributed by atoms with E-state index in [4.69, 9.17) is 16.3 Å². The Balaban J connectivity index is 0.847. The topological polar surface area (TPSA) is 178 Å². The molecule has 3 fully saturated rings. The molecule has 3 saturated heterocycles. The zero-order chi connectivity index (χ0) is 44.5. The zero-order valence-corrected chi connectivity index (χ0v) is 35.4. The van der Waals surface area contributed by atoms with E-state index in [1.54, 1.807) is 0 Å². The lowest BCUT2D eigenvalue weighted by Crippen LogP contribution is -2.52. The Bertz CT molecular complexity index is 2690. The maximum Gasteiger partial charge on any atom is 0.262 e. The summed E-state index contributed by atoms with van der Waals surface area (Å²) in [4.78, 5) is 69.2. The van der Waals surface area contributed by atoms with Crippen molar-refractivity contribution in [3.63, 3.8) is 0 Å². The molecule has 1 atom stereocenters. The highest BCUT2D eigenvalue weighted by atomic mass is 35.5. The van der Waals surface area contributed by atoms with Crippen LogP contribution >= 0.6 is 11.6 Å². The minimum Gasteiger partial charge on any atom is -0.381 e. The van der Waals surface area contributed by atoms with Gasteiger partial charge in [-0.05, 0) is 123 Å². The number of ether oxygens (including phenoxy) is 1. The Morgan fingerprint density at radius 3 is 2.36 bits per heavy atom. The minimum atomic E-state index is -0.959. The molecule has 4 aromatic carbocycles. The van der Waals surface area contributed by atoms with E-state index in [1.807, 2.05) is 36.4 Å². The van der Waals surface area contributed by atoms with Gasteiger partial charge in [0, 0.05) is 66.6 Å². The van der Waals surface area contributed by atoms with E-state index in [1.165, 1.54) is 30.3 Å². The van der Waals surface area contributed by atoms with Gasteiger partial charge in [0.05, 0.1) is 22.2 Å². The number of aromatic amines is 1. The van der Waals surface area contributed by atoms with Gasteiger partial charge in [-0.2, -0.15) is 5.10 Å². The minimum absolute atomic E-state index is 0.111. The van der Waals surface area contributed by atoms with Crippen molar-refractivity contribution in [2.24, 2.45) is 5.92 Å². The van der Waals surface area contributed by atoms with Crippen molar-refractivity contribution in [3.8, 4) is 0 Å². The second-order valence-corrected chi connectivity index (χ2v) is 16.9. The van der Waals surface area contributed by atoms with Gasteiger partial charge < -0.3 is 30.9 Å². The molecule has 1 unspecified atom stereocenters. The highest BCUT2D eigenvalue weighted by Gasteiger charge is 2.44. The third-order valence-corrected chi connectivity index (χ3v) is 12.5. The Morgan fingerprint density at radius 2 is 1.61 bits per heavy atom. The molecular weight excluding hydrogens is 846 g/mol. The van der Waals surface area contributed by atoms with Gasteiger partial charge in [-0.15, -0.1) is 11.6 Å². The van der Waals surface area contributed by atoms with E-state index >= 15 is 0 Å². The predicted molar refractivity (Wildman–Crippen MR) is 238 cm³/mol. The van der Waals surface area contributed by atoms with E-state index in [9.17, 15) is 32.8 Å². The van der Waals surface area contributed by atoms with Crippen LogP contribution < -0.4 is 26.2 Å². The molecule has 4 aliphatic rings. The number of rotatable bonds is 11. The largest absolute Gasteiger partial charge is 0.381 e. The Hall–Kier alpha value is -6.65. The molecule has 0 aliphatic carbocycles. The number of nitrogens with one attached hydrogen (secondary N) is 5. The number of piperidine rings is 2. The first kappa shape index (κ1) is 42.6. The summed E-state index contributed by atoms with van der Waals surface area (Å²) in [6.45, 7) is 2.71. The van der Waals surface area contributed by atoms with Crippen LogP contribution in [0.2, 0.25) is 0 Å². The molecule has 0 bridgehead atoms. The number of anilines is 4. The van der Waals surface area contributed by atoms with Gasteiger partial charge in [-0.25, -0.2) is 8.78 Å².